The Morgan fingerprint density at radius 3 is 2.78 bits per heavy atom. The minimum absolute atomic E-state index is 0.216. The van der Waals surface area contributed by atoms with Gasteiger partial charge in [0.1, 0.15) is 6.61 Å². The summed E-state index contributed by atoms with van der Waals surface area (Å²) < 4.78 is 5.61. The van der Waals surface area contributed by atoms with E-state index >= 15 is 0 Å². The van der Waals surface area contributed by atoms with Crippen molar-refractivity contribution in [2.24, 2.45) is 0 Å². The monoisotopic (exact) mass is 466 g/mol. The fourth-order valence-corrected chi connectivity index (χ4v) is 3.75. The Morgan fingerprint density at radius 2 is 2.00 bits per heavy atom. The largest absolute Gasteiger partial charge is 0.462 e. The number of nitrogens with zero attached hydrogens (tertiary/aromatic N) is 5. The first kappa shape index (κ1) is 21.8. The highest BCUT2D eigenvalue weighted by Gasteiger charge is 2.18. The molecule has 4 aromatic rings. The third-order valence-corrected chi connectivity index (χ3v) is 5.59. The van der Waals surface area contributed by atoms with Crippen LogP contribution in [0.25, 0.3) is 11.1 Å². The first-order valence-corrected chi connectivity index (χ1v) is 11.0. The molecule has 162 valence electrons. The zero-order chi connectivity index (χ0) is 22.5. The lowest BCUT2D eigenvalue weighted by Crippen LogP contribution is -2.14. The van der Waals surface area contributed by atoms with Gasteiger partial charge >= 0.3 is 0 Å². The maximum atomic E-state index is 13.0. The fraction of sp³-hybridized carbons (Fsp3) is 0.182. The number of pyridine rings is 3. The first-order valence-electron chi connectivity index (χ1n) is 9.81. The van der Waals surface area contributed by atoms with E-state index in [4.69, 9.17) is 16.3 Å². The number of hydrogen-bond donors (Lipinski definition) is 1. The van der Waals surface area contributed by atoms with Gasteiger partial charge in [0, 0.05) is 30.5 Å². The van der Waals surface area contributed by atoms with Crippen LogP contribution in [0.3, 0.4) is 0 Å². The summed E-state index contributed by atoms with van der Waals surface area (Å²) in [5.41, 5.74) is 4.76. The predicted molar refractivity (Wildman–Crippen MR) is 123 cm³/mol. The molecule has 0 aliphatic carbocycles. The van der Waals surface area contributed by atoms with E-state index in [0.29, 0.717) is 26.6 Å². The molecule has 0 unspecified atom stereocenters. The van der Waals surface area contributed by atoms with Gasteiger partial charge in [-0.2, -0.15) is 0 Å². The normalized spacial score (nSPS) is 10.7. The molecule has 0 saturated carbocycles. The summed E-state index contributed by atoms with van der Waals surface area (Å²) in [7, 11) is 0. The van der Waals surface area contributed by atoms with Gasteiger partial charge in [0.2, 0.25) is 5.13 Å². The number of aryl methyl sites for hydroxylation is 2. The number of amides is 1. The minimum Gasteiger partial charge on any atom is -0.462 e. The smallest absolute Gasteiger partial charge is 0.296 e. The highest BCUT2D eigenvalue weighted by Crippen LogP contribution is 2.29. The molecule has 0 bridgehead atoms. The molecule has 0 atom stereocenters. The van der Waals surface area contributed by atoms with Crippen LogP contribution < -0.4 is 10.1 Å². The van der Waals surface area contributed by atoms with Crippen molar-refractivity contribution in [2.75, 3.05) is 5.32 Å². The molecular formula is C22H19ClN6O2S. The Morgan fingerprint density at radius 1 is 1.12 bits per heavy atom. The number of carbonyl (C=O) groups excluding carboxylic acids is 1. The van der Waals surface area contributed by atoms with E-state index in [0.717, 1.165) is 40.1 Å². The molecule has 10 heteroatoms. The predicted octanol–water partition coefficient (Wildman–Crippen LogP) is 4.75. The number of anilines is 1. The van der Waals surface area contributed by atoms with Crippen molar-refractivity contribution in [1.82, 2.24) is 25.1 Å². The summed E-state index contributed by atoms with van der Waals surface area (Å²) >= 11 is 6.97. The second kappa shape index (κ2) is 9.80. The maximum Gasteiger partial charge on any atom is 0.296 e. The lowest BCUT2D eigenvalue weighted by atomic mass is 9.96. The summed E-state index contributed by atoms with van der Waals surface area (Å²) in [5.74, 6) is -0.326. The molecular weight excluding hydrogens is 448 g/mol. The van der Waals surface area contributed by atoms with Gasteiger partial charge in [-0.25, -0.2) is 0 Å². The molecule has 0 saturated heterocycles. The summed E-state index contributed by atoms with van der Waals surface area (Å²) in [6.07, 6.45) is 7.45. The van der Waals surface area contributed by atoms with E-state index in [2.05, 4.69) is 37.4 Å². The Balaban J connectivity index is 1.51. The van der Waals surface area contributed by atoms with Crippen LogP contribution in [0.15, 0.2) is 49.1 Å². The average Bonchev–Trinajstić information content (AvgIpc) is 3.25. The van der Waals surface area contributed by atoms with Crippen LogP contribution in [-0.4, -0.2) is 31.1 Å². The molecule has 8 nitrogen and oxygen atoms in total. The summed E-state index contributed by atoms with van der Waals surface area (Å²) in [5, 5.41) is 12.0. The molecule has 0 aromatic carbocycles. The minimum atomic E-state index is -0.326. The van der Waals surface area contributed by atoms with Crippen LogP contribution in [0, 0.1) is 6.92 Å². The van der Waals surface area contributed by atoms with E-state index in [9.17, 15) is 4.79 Å². The number of hydrogen-bond acceptors (Lipinski definition) is 8. The lowest BCUT2D eigenvalue weighted by molar-refractivity contribution is 0.102. The van der Waals surface area contributed by atoms with Crippen LogP contribution in [0.4, 0.5) is 5.13 Å². The maximum absolute atomic E-state index is 13.0. The summed E-state index contributed by atoms with van der Waals surface area (Å²) in [4.78, 5) is 25.7. The van der Waals surface area contributed by atoms with Crippen LogP contribution >= 0.6 is 22.9 Å². The van der Waals surface area contributed by atoms with Crippen molar-refractivity contribution in [3.05, 3.63) is 76.6 Å². The number of halogens is 1. The molecule has 1 amide bonds. The molecule has 0 aliphatic heterocycles. The van der Waals surface area contributed by atoms with E-state index in [1.54, 1.807) is 30.7 Å². The van der Waals surface area contributed by atoms with E-state index < -0.39 is 0 Å². The standard InChI is InChI=1S/C22H19ClN6O2S/c1-3-14-9-24-7-6-17(14)18-8-13(2)25-11-19(18)20(30)27-21-28-29-22(32-21)31-12-16-5-4-15(23)10-26-16/h4-11H,3,12H2,1-2H3,(H,27,28,30). The zero-order valence-corrected chi connectivity index (χ0v) is 18.9. The molecule has 0 fully saturated rings. The fourth-order valence-electron chi connectivity index (χ4n) is 3.05. The second-order valence-electron chi connectivity index (χ2n) is 6.84. The highest BCUT2D eigenvalue weighted by atomic mass is 35.5. The van der Waals surface area contributed by atoms with E-state index in [1.807, 2.05) is 25.3 Å². The SMILES string of the molecule is CCc1cnccc1-c1cc(C)ncc1C(=O)Nc1nnc(OCc2ccc(Cl)cn2)s1. The third kappa shape index (κ3) is 5.06. The van der Waals surface area contributed by atoms with Gasteiger partial charge in [0.15, 0.2) is 0 Å². The molecule has 0 radical (unpaired) electrons. The van der Waals surface area contributed by atoms with E-state index in [-0.39, 0.29) is 12.5 Å². The summed E-state index contributed by atoms with van der Waals surface area (Å²) in [6.45, 7) is 4.16. The molecule has 1 N–H and O–H groups in total. The van der Waals surface area contributed by atoms with Crippen molar-refractivity contribution in [2.45, 2.75) is 26.9 Å². The van der Waals surface area contributed by atoms with Gasteiger partial charge in [0.25, 0.3) is 11.1 Å². The van der Waals surface area contributed by atoms with Crippen molar-refractivity contribution < 1.29 is 9.53 Å². The topological polar surface area (TPSA) is 103 Å². The Labute approximate surface area is 193 Å². The summed E-state index contributed by atoms with van der Waals surface area (Å²) in [6, 6.07) is 7.31. The van der Waals surface area contributed by atoms with Crippen molar-refractivity contribution >= 4 is 34.0 Å². The van der Waals surface area contributed by atoms with E-state index in [1.165, 1.54) is 0 Å². The number of ether oxygens (including phenoxy) is 1. The third-order valence-electron chi connectivity index (χ3n) is 4.62. The van der Waals surface area contributed by atoms with Gasteiger partial charge in [-0.1, -0.05) is 23.6 Å². The average molecular weight is 467 g/mol. The molecule has 4 rings (SSSR count). The van der Waals surface area contributed by atoms with Crippen molar-refractivity contribution in [3.63, 3.8) is 0 Å². The molecule has 0 spiro atoms. The molecule has 0 aliphatic rings. The Kier molecular flexibility index (Phi) is 6.67. The van der Waals surface area contributed by atoms with Gasteiger partial charge in [-0.15, -0.1) is 5.10 Å². The lowest BCUT2D eigenvalue weighted by Gasteiger charge is -2.12. The highest BCUT2D eigenvalue weighted by molar-refractivity contribution is 7.17. The van der Waals surface area contributed by atoms with Crippen molar-refractivity contribution in [1.29, 1.82) is 0 Å². The van der Waals surface area contributed by atoms with Gasteiger partial charge in [-0.05, 0) is 65.6 Å². The van der Waals surface area contributed by atoms with Crippen LogP contribution in [0.2, 0.25) is 5.02 Å². The first-order chi connectivity index (χ1) is 15.5. The van der Waals surface area contributed by atoms with Crippen LogP contribution in [0.5, 0.6) is 5.19 Å². The molecule has 4 aromatic heterocycles. The van der Waals surface area contributed by atoms with Gasteiger partial charge in [-0.3, -0.25) is 25.1 Å². The second-order valence-corrected chi connectivity index (χ2v) is 8.22. The number of rotatable bonds is 7. The van der Waals surface area contributed by atoms with Gasteiger partial charge < -0.3 is 4.74 Å². The number of aromatic nitrogens is 5. The molecule has 4 heterocycles. The number of carbonyl (C=O) groups is 1. The molecule has 32 heavy (non-hydrogen) atoms. The zero-order valence-electron chi connectivity index (χ0n) is 17.4. The van der Waals surface area contributed by atoms with Gasteiger partial charge in [0.05, 0.1) is 16.3 Å². The van der Waals surface area contributed by atoms with Crippen molar-refractivity contribution in [3.8, 4) is 16.3 Å². The van der Waals surface area contributed by atoms with Crippen LogP contribution in [0.1, 0.15) is 34.2 Å². The quantitative estimate of drug-likeness (QED) is 0.419. The number of nitrogens with one attached hydrogen (secondary N) is 1. The van der Waals surface area contributed by atoms with Crippen LogP contribution in [-0.2, 0) is 13.0 Å². The Hall–Kier alpha value is -3.43. The Bertz CT molecular complexity index is 1250.